The summed E-state index contributed by atoms with van der Waals surface area (Å²) in [6.45, 7) is 3.83. The average molecular weight is 558 g/mol. The zero-order valence-electron chi connectivity index (χ0n) is 19.6. The highest BCUT2D eigenvalue weighted by atomic mass is 79.9. The van der Waals surface area contributed by atoms with Crippen LogP contribution in [0.5, 0.6) is 5.75 Å². The first kappa shape index (κ1) is 28.0. The van der Waals surface area contributed by atoms with Crippen LogP contribution >= 0.6 is 28.1 Å². The number of ether oxygens (including phenoxy) is 3. The Kier molecular flexibility index (Phi) is 12.3. The summed E-state index contributed by atoms with van der Waals surface area (Å²) in [5, 5.41) is 5.44. The number of benzene rings is 1. The van der Waals surface area contributed by atoms with E-state index in [9.17, 15) is 14.4 Å². The minimum atomic E-state index is -0.869. The van der Waals surface area contributed by atoms with Crippen LogP contribution < -0.4 is 15.4 Å². The molecule has 188 valence electrons. The van der Waals surface area contributed by atoms with E-state index in [1.807, 2.05) is 0 Å². The predicted molar refractivity (Wildman–Crippen MR) is 135 cm³/mol. The van der Waals surface area contributed by atoms with Gasteiger partial charge in [-0.05, 0) is 52.8 Å². The molecule has 0 aliphatic carbocycles. The third kappa shape index (κ3) is 8.84. The van der Waals surface area contributed by atoms with Crippen molar-refractivity contribution in [3.05, 3.63) is 28.2 Å². The molecule has 2 N–H and O–H groups in total. The molecule has 1 aromatic carbocycles. The highest BCUT2D eigenvalue weighted by Gasteiger charge is 2.34. The summed E-state index contributed by atoms with van der Waals surface area (Å²) in [6, 6.07) is 4.17. The van der Waals surface area contributed by atoms with Crippen LogP contribution in [-0.4, -0.2) is 73.9 Å². The molecule has 1 aromatic rings. The topological polar surface area (TPSA) is 106 Å². The van der Waals surface area contributed by atoms with Crippen molar-refractivity contribution < 1.29 is 28.6 Å². The van der Waals surface area contributed by atoms with E-state index in [1.54, 1.807) is 18.2 Å². The highest BCUT2D eigenvalue weighted by Crippen LogP contribution is 2.26. The van der Waals surface area contributed by atoms with E-state index in [1.165, 1.54) is 18.4 Å². The molecule has 34 heavy (non-hydrogen) atoms. The molecule has 1 unspecified atom stereocenters. The van der Waals surface area contributed by atoms with Gasteiger partial charge in [0.25, 0.3) is 5.91 Å². The van der Waals surface area contributed by atoms with E-state index in [4.69, 9.17) is 26.4 Å². The van der Waals surface area contributed by atoms with Crippen molar-refractivity contribution in [2.75, 3.05) is 40.0 Å². The third-order valence-corrected chi connectivity index (χ3v) is 6.13. The van der Waals surface area contributed by atoms with Crippen LogP contribution in [0, 0.1) is 0 Å². The fourth-order valence-corrected chi connectivity index (χ4v) is 4.13. The Balaban J connectivity index is 1.95. The molecule has 1 fully saturated rings. The van der Waals surface area contributed by atoms with E-state index in [0.29, 0.717) is 35.5 Å². The lowest BCUT2D eigenvalue weighted by molar-refractivity contribution is -0.148. The number of rotatable bonds is 12. The fraction of sp³-hybridized carbons (Fsp3) is 0.565. The minimum Gasteiger partial charge on any atom is -0.492 e. The second-order valence-corrected chi connectivity index (χ2v) is 8.97. The quantitative estimate of drug-likeness (QED) is 0.229. The number of esters is 1. The Hall–Kier alpha value is -2.24. The molecule has 0 radical (unpaired) electrons. The lowest BCUT2D eigenvalue weighted by atomic mass is 10.1. The smallest absolute Gasteiger partial charge is 0.308 e. The van der Waals surface area contributed by atoms with E-state index in [2.05, 4.69) is 33.5 Å². The Bertz CT molecular complexity index is 869. The molecule has 0 aromatic heterocycles. The summed E-state index contributed by atoms with van der Waals surface area (Å²) in [4.78, 5) is 38.8. The number of unbranched alkanes of at least 4 members (excludes halogenated alkanes) is 3. The van der Waals surface area contributed by atoms with Crippen molar-refractivity contribution in [3.8, 4) is 5.75 Å². The number of thiocarbonyl (C=S) groups is 1. The number of amides is 2. The number of nitrogens with zero attached hydrogens (tertiary/aromatic N) is 1. The number of hydrogen-bond donors (Lipinski definition) is 2. The van der Waals surface area contributed by atoms with Gasteiger partial charge in [-0.1, -0.05) is 26.2 Å². The molecule has 11 heteroatoms. The summed E-state index contributed by atoms with van der Waals surface area (Å²) in [5.74, 6) is -0.662. The number of hydrogen-bond acceptors (Lipinski definition) is 7. The van der Waals surface area contributed by atoms with Gasteiger partial charge < -0.3 is 24.4 Å². The van der Waals surface area contributed by atoms with Crippen molar-refractivity contribution in [2.24, 2.45) is 0 Å². The first-order chi connectivity index (χ1) is 16.4. The van der Waals surface area contributed by atoms with Crippen molar-refractivity contribution in [2.45, 2.75) is 45.1 Å². The lowest BCUT2D eigenvalue weighted by Gasteiger charge is -2.36. The van der Waals surface area contributed by atoms with Gasteiger partial charge in [0.2, 0.25) is 5.91 Å². The summed E-state index contributed by atoms with van der Waals surface area (Å²) in [5.41, 5.74) is 0.379. The van der Waals surface area contributed by atoms with Crippen LogP contribution in [0.2, 0.25) is 0 Å². The van der Waals surface area contributed by atoms with E-state index < -0.39 is 17.9 Å². The van der Waals surface area contributed by atoms with Crippen molar-refractivity contribution in [1.29, 1.82) is 0 Å². The fourth-order valence-electron chi connectivity index (χ4n) is 3.33. The maximum atomic E-state index is 12.8. The molecule has 2 amide bonds. The third-order valence-electron chi connectivity index (χ3n) is 5.17. The van der Waals surface area contributed by atoms with E-state index >= 15 is 0 Å². The van der Waals surface area contributed by atoms with Crippen molar-refractivity contribution in [1.82, 2.24) is 15.5 Å². The molecule has 9 nitrogen and oxygen atoms in total. The van der Waals surface area contributed by atoms with Gasteiger partial charge in [0.15, 0.2) is 5.11 Å². The zero-order valence-corrected chi connectivity index (χ0v) is 22.0. The highest BCUT2D eigenvalue weighted by molar-refractivity contribution is 9.10. The molecule has 0 bridgehead atoms. The molecule has 1 saturated heterocycles. The van der Waals surface area contributed by atoms with Gasteiger partial charge in [0.05, 0.1) is 24.1 Å². The van der Waals surface area contributed by atoms with Gasteiger partial charge in [-0.15, -0.1) is 0 Å². The predicted octanol–water partition coefficient (Wildman–Crippen LogP) is 2.80. The van der Waals surface area contributed by atoms with Crippen LogP contribution in [0.15, 0.2) is 22.7 Å². The molecule has 1 aliphatic heterocycles. The molecule has 2 rings (SSSR count). The second-order valence-electron chi connectivity index (χ2n) is 7.73. The Morgan fingerprint density at radius 3 is 2.74 bits per heavy atom. The summed E-state index contributed by atoms with van der Waals surface area (Å²) >= 11 is 8.85. The monoisotopic (exact) mass is 557 g/mol. The zero-order chi connectivity index (χ0) is 24.9. The van der Waals surface area contributed by atoms with Crippen LogP contribution in [0.4, 0.5) is 0 Å². The number of carbonyl (C=O) groups excluding carboxylic acids is 3. The van der Waals surface area contributed by atoms with Gasteiger partial charge in [-0.3, -0.25) is 19.7 Å². The van der Waals surface area contributed by atoms with E-state index in [-0.39, 0.29) is 30.7 Å². The molecule has 1 aliphatic rings. The summed E-state index contributed by atoms with van der Waals surface area (Å²) in [6.07, 6.45) is 4.24. The molecule has 0 spiro atoms. The maximum absolute atomic E-state index is 12.8. The lowest BCUT2D eigenvalue weighted by Crippen LogP contribution is -2.60. The van der Waals surface area contributed by atoms with Gasteiger partial charge in [0.1, 0.15) is 18.4 Å². The Labute approximate surface area is 214 Å². The van der Waals surface area contributed by atoms with Crippen LogP contribution in [0.3, 0.4) is 0 Å². The van der Waals surface area contributed by atoms with Crippen LogP contribution in [0.25, 0.3) is 0 Å². The van der Waals surface area contributed by atoms with Crippen molar-refractivity contribution in [3.63, 3.8) is 0 Å². The summed E-state index contributed by atoms with van der Waals surface area (Å²) in [7, 11) is 1.50. The number of carbonyl (C=O) groups is 3. The molecular formula is C23H32BrN3O6S. The molecule has 1 heterocycles. The number of nitrogens with one attached hydrogen (secondary N) is 2. The molecular weight excluding hydrogens is 526 g/mol. The standard InChI is InChI=1S/C23H32BrN3O6S/c1-3-4-5-6-11-32-19-8-7-16(14-17(19)24)21(29)26-23(34)27-10-9-25-22(30)18(27)15-20(28)33-13-12-31-2/h7-8,14,18H,3-6,9-13,15H2,1-2H3,(H,25,30)(H,26,29,34). The minimum absolute atomic E-state index is 0.0712. The van der Waals surface area contributed by atoms with Gasteiger partial charge in [-0.2, -0.15) is 0 Å². The number of halogens is 1. The summed E-state index contributed by atoms with van der Waals surface area (Å²) < 4.78 is 16.4. The van der Waals surface area contributed by atoms with Gasteiger partial charge in [0, 0.05) is 25.8 Å². The number of methoxy groups -OCH3 is 1. The van der Waals surface area contributed by atoms with Gasteiger partial charge >= 0.3 is 5.97 Å². The second kappa shape index (κ2) is 14.9. The SMILES string of the molecule is CCCCCCOc1ccc(C(=O)NC(=S)N2CCNC(=O)C2CC(=O)OCCOC)cc1Br. The van der Waals surface area contributed by atoms with Crippen LogP contribution in [0.1, 0.15) is 49.4 Å². The first-order valence-electron chi connectivity index (χ1n) is 11.3. The molecule has 0 saturated carbocycles. The largest absolute Gasteiger partial charge is 0.492 e. The first-order valence-corrected chi connectivity index (χ1v) is 12.5. The normalized spacial score (nSPS) is 15.4. The maximum Gasteiger partial charge on any atom is 0.308 e. The van der Waals surface area contributed by atoms with Gasteiger partial charge in [-0.25, -0.2) is 0 Å². The molecule has 1 atom stereocenters. The average Bonchev–Trinajstić information content (AvgIpc) is 2.81. The van der Waals surface area contributed by atoms with Crippen molar-refractivity contribution >= 4 is 51.0 Å². The Morgan fingerprint density at radius 2 is 2.03 bits per heavy atom. The van der Waals surface area contributed by atoms with Crippen LogP contribution in [-0.2, 0) is 19.1 Å². The Morgan fingerprint density at radius 1 is 1.24 bits per heavy atom. The number of piperazine rings is 1. The van der Waals surface area contributed by atoms with E-state index in [0.717, 1.165) is 19.3 Å².